The zero-order valence-corrected chi connectivity index (χ0v) is 18.4. The zero-order chi connectivity index (χ0) is 19.2. The van der Waals surface area contributed by atoms with Crippen molar-refractivity contribution < 1.29 is 45.6 Å². The summed E-state index contributed by atoms with van der Waals surface area (Å²) in [5, 5.41) is 24.3. The number of aromatic nitrogens is 4. The quantitative estimate of drug-likeness (QED) is 0.425. The van der Waals surface area contributed by atoms with Crippen molar-refractivity contribution in [1.29, 1.82) is 0 Å². The van der Waals surface area contributed by atoms with E-state index in [1.165, 1.54) is 6.92 Å². The Morgan fingerprint density at radius 1 is 1.21 bits per heavy atom. The van der Waals surface area contributed by atoms with Crippen molar-refractivity contribution in [1.82, 2.24) is 20.6 Å². The molecule has 1 aromatic heterocycles. The predicted octanol–water partition coefficient (Wildman–Crippen LogP) is 0.347. The molecule has 0 amide bonds. The van der Waals surface area contributed by atoms with Gasteiger partial charge in [0, 0.05) is 12.0 Å². The van der Waals surface area contributed by atoms with Crippen molar-refractivity contribution >= 4 is 5.78 Å². The number of tetrazole rings is 1. The number of carbonyl (C=O) groups excluding carboxylic acids is 1. The molecule has 0 fully saturated rings. The summed E-state index contributed by atoms with van der Waals surface area (Å²) in [4.78, 5) is 11.7. The molecule has 0 saturated heterocycles. The number of Topliss-reactive ketones (excluding diaryl/α,β-unsaturated/α-hetero) is 1. The van der Waals surface area contributed by atoms with E-state index in [1.807, 2.05) is 37.3 Å². The number of hydrogen-bond donors (Lipinski definition) is 2. The van der Waals surface area contributed by atoms with E-state index >= 15 is 0 Å². The van der Waals surface area contributed by atoms with Crippen molar-refractivity contribution in [2.45, 2.75) is 39.7 Å². The molecule has 0 spiro atoms. The minimum Gasteiger partial charge on any atom is -1.00 e. The molecule has 0 unspecified atom stereocenters. The number of nitrogens with one attached hydrogen (secondary N) is 1. The number of phenols is 1. The van der Waals surface area contributed by atoms with Crippen LogP contribution < -0.4 is 34.3 Å². The van der Waals surface area contributed by atoms with E-state index in [1.54, 1.807) is 6.07 Å². The summed E-state index contributed by atoms with van der Waals surface area (Å²) in [6.07, 6.45) is 2.15. The van der Waals surface area contributed by atoms with Gasteiger partial charge in [0.05, 0.1) is 5.56 Å². The number of aromatic hydroxyl groups is 1. The van der Waals surface area contributed by atoms with Crippen LogP contribution in [0.15, 0.2) is 36.4 Å². The van der Waals surface area contributed by atoms with Crippen LogP contribution in [-0.2, 0) is 19.4 Å². The van der Waals surface area contributed by atoms with Crippen molar-refractivity contribution in [2.24, 2.45) is 0 Å². The summed E-state index contributed by atoms with van der Waals surface area (Å²) in [6, 6.07) is 11.2. The van der Waals surface area contributed by atoms with Crippen molar-refractivity contribution in [3.63, 3.8) is 0 Å². The molecule has 3 rings (SSSR count). The molecule has 0 saturated carbocycles. The predicted molar refractivity (Wildman–Crippen MR) is 101 cm³/mol. The Hall–Kier alpha value is -2.22. The van der Waals surface area contributed by atoms with Crippen LogP contribution in [0.5, 0.6) is 11.5 Å². The summed E-state index contributed by atoms with van der Waals surface area (Å²) < 4.78 is 5.88. The Kier molecular flexibility index (Phi) is 8.17. The maximum atomic E-state index is 11.7. The van der Waals surface area contributed by atoms with Gasteiger partial charge in [0.15, 0.2) is 11.6 Å². The van der Waals surface area contributed by atoms with Gasteiger partial charge in [-0.05, 0) is 42.7 Å². The van der Waals surface area contributed by atoms with Crippen LogP contribution in [0.2, 0.25) is 0 Å². The Bertz CT molecular complexity index is 918. The van der Waals surface area contributed by atoms with E-state index in [-0.39, 0.29) is 42.5 Å². The van der Waals surface area contributed by atoms with Crippen LogP contribution in [0.4, 0.5) is 0 Å². The number of benzene rings is 2. The molecule has 2 aromatic carbocycles. The van der Waals surface area contributed by atoms with Crippen molar-refractivity contribution in [3.05, 3.63) is 64.5 Å². The second kappa shape index (κ2) is 10.4. The number of carbonyl (C=O) groups is 1. The Balaban J connectivity index is 0.00000210. The van der Waals surface area contributed by atoms with Gasteiger partial charge in [-0.15, -0.1) is 10.2 Å². The molecule has 0 bridgehead atoms. The summed E-state index contributed by atoms with van der Waals surface area (Å²) in [5.41, 5.74) is 3.07. The van der Waals surface area contributed by atoms with Crippen molar-refractivity contribution in [3.8, 4) is 11.5 Å². The van der Waals surface area contributed by atoms with E-state index in [0.29, 0.717) is 30.8 Å². The topological polar surface area (TPSA) is 101 Å². The molecule has 2 N–H and O–H groups in total. The summed E-state index contributed by atoms with van der Waals surface area (Å²) in [7, 11) is 0. The van der Waals surface area contributed by atoms with Crippen LogP contribution in [0.25, 0.3) is 0 Å². The maximum Gasteiger partial charge on any atom is 1.00 e. The number of hydrogen-bond acceptors (Lipinski definition) is 6. The van der Waals surface area contributed by atoms with E-state index in [4.69, 9.17) is 4.74 Å². The molecule has 0 aliphatic rings. The number of nitrogens with zero attached hydrogens (tertiary/aromatic N) is 3. The molecule has 142 valence electrons. The van der Waals surface area contributed by atoms with E-state index in [0.717, 1.165) is 28.9 Å². The van der Waals surface area contributed by atoms with Gasteiger partial charge in [-0.3, -0.25) is 4.79 Å². The minimum absolute atomic E-state index is 0. The molecule has 0 aliphatic carbocycles. The number of phenolic OH excluding ortho intramolecular Hbond substituents is 1. The first-order valence-corrected chi connectivity index (χ1v) is 8.87. The molecule has 28 heavy (non-hydrogen) atoms. The summed E-state index contributed by atoms with van der Waals surface area (Å²) in [6.45, 7) is 3.81. The molecular formula is C20H23N4NaO3. The van der Waals surface area contributed by atoms with Crippen LogP contribution in [0, 0.1) is 0 Å². The third-order valence-corrected chi connectivity index (χ3v) is 4.33. The largest absolute Gasteiger partial charge is 1.00 e. The standard InChI is InChI=1S/C20H22N4O3.Na.H/c1-3-4-18-15(7-10-17(13(2)25)20(18)26)12-27-16-8-5-14(6-9-16)11-19-21-23-24-22-19;;/h5-10,26H,3-4,11-12H2,1-2H3,(H,21,22,23,24);;/q;+1;-1. The van der Waals surface area contributed by atoms with Gasteiger partial charge in [0.1, 0.15) is 18.1 Å². The van der Waals surface area contributed by atoms with E-state index in [9.17, 15) is 9.90 Å². The van der Waals surface area contributed by atoms with Crippen LogP contribution in [-0.4, -0.2) is 31.5 Å². The van der Waals surface area contributed by atoms with Crippen molar-refractivity contribution in [2.75, 3.05) is 0 Å². The van der Waals surface area contributed by atoms with Gasteiger partial charge in [-0.1, -0.05) is 36.8 Å². The second-order valence-electron chi connectivity index (χ2n) is 6.34. The van der Waals surface area contributed by atoms with E-state index in [2.05, 4.69) is 20.6 Å². The number of rotatable bonds is 8. The van der Waals surface area contributed by atoms with Crippen LogP contribution >= 0.6 is 0 Å². The average molecular weight is 390 g/mol. The first-order chi connectivity index (χ1) is 13.1. The fraction of sp³-hybridized carbons (Fsp3) is 0.300. The molecule has 3 aromatic rings. The fourth-order valence-electron chi connectivity index (χ4n) is 2.93. The van der Waals surface area contributed by atoms with Gasteiger partial charge >= 0.3 is 29.6 Å². The molecule has 0 aliphatic heterocycles. The first kappa shape index (κ1) is 22.1. The van der Waals surface area contributed by atoms with Crippen LogP contribution in [0.3, 0.4) is 0 Å². The monoisotopic (exact) mass is 390 g/mol. The third kappa shape index (κ3) is 5.41. The summed E-state index contributed by atoms with van der Waals surface area (Å²) in [5.74, 6) is 1.29. The molecule has 7 nitrogen and oxygen atoms in total. The smallest absolute Gasteiger partial charge is 1.00 e. The van der Waals surface area contributed by atoms with Gasteiger partial charge in [0.25, 0.3) is 0 Å². The zero-order valence-electron chi connectivity index (χ0n) is 17.4. The van der Waals surface area contributed by atoms with Gasteiger partial charge in [-0.25, -0.2) is 0 Å². The fourth-order valence-corrected chi connectivity index (χ4v) is 2.93. The number of ether oxygens (including phenoxy) is 1. The average Bonchev–Trinajstić information content (AvgIpc) is 3.16. The third-order valence-electron chi connectivity index (χ3n) is 4.33. The number of H-pyrrole nitrogens is 1. The SMILES string of the molecule is CCCc1c(COc2ccc(Cc3nn[nH]n3)cc2)ccc(C(C)=O)c1O.[H-].[Na+]. The molecule has 0 atom stereocenters. The van der Waals surface area contributed by atoms with Gasteiger partial charge in [-0.2, -0.15) is 5.21 Å². The van der Waals surface area contributed by atoms with Gasteiger partial charge in [0.2, 0.25) is 0 Å². The minimum atomic E-state index is -0.144. The first-order valence-electron chi connectivity index (χ1n) is 8.87. The summed E-state index contributed by atoms with van der Waals surface area (Å²) >= 11 is 0. The van der Waals surface area contributed by atoms with E-state index < -0.39 is 0 Å². The van der Waals surface area contributed by atoms with Crippen LogP contribution in [0.1, 0.15) is 54.6 Å². The second-order valence-corrected chi connectivity index (χ2v) is 6.34. The molecule has 0 radical (unpaired) electrons. The molecule has 8 heteroatoms. The number of ketones is 1. The Morgan fingerprint density at radius 3 is 2.57 bits per heavy atom. The number of aromatic amines is 1. The molecular weight excluding hydrogens is 367 g/mol. The maximum absolute atomic E-state index is 11.7. The molecule has 1 heterocycles. The van der Waals surface area contributed by atoms with Gasteiger partial charge < -0.3 is 11.3 Å². The Morgan fingerprint density at radius 2 is 1.96 bits per heavy atom. The normalized spacial score (nSPS) is 10.4. The Labute approximate surface area is 187 Å².